The number of aliphatic hydroxyl groups excluding tert-OH is 3. The Morgan fingerprint density at radius 2 is 0.638 bits per heavy atom. The first-order valence-electron chi connectivity index (χ1n) is 20.5. The molecule has 0 amide bonds. The minimum Gasteiger partial charge on any atom is -0.394 e. The number of carbonyl (C=O) groups excluding carboxylic acids is 3. The van der Waals surface area contributed by atoms with Crippen molar-refractivity contribution in [2.75, 3.05) is 6.61 Å². The van der Waals surface area contributed by atoms with Gasteiger partial charge in [0, 0.05) is 12.8 Å². The summed E-state index contributed by atoms with van der Waals surface area (Å²) < 4.78 is 0. The van der Waals surface area contributed by atoms with Crippen LogP contribution in [0.2, 0.25) is 0 Å². The van der Waals surface area contributed by atoms with E-state index in [-0.39, 0.29) is 12.8 Å². The summed E-state index contributed by atoms with van der Waals surface area (Å²) in [6, 6.07) is 0. The van der Waals surface area contributed by atoms with E-state index in [1.807, 2.05) is 0 Å². The third-order valence-corrected chi connectivity index (χ3v) is 9.82. The normalized spacial score (nSPS) is 12.9. The van der Waals surface area contributed by atoms with E-state index < -0.39 is 42.1 Å². The highest BCUT2D eigenvalue weighted by atomic mass is 16.4. The molecule has 0 saturated carbocycles. The highest BCUT2D eigenvalue weighted by Crippen LogP contribution is 2.19. The molecule has 2 atom stereocenters. The summed E-state index contributed by atoms with van der Waals surface area (Å²) in [5.41, 5.74) is 0. The molecule has 0 bridgehead atoms. The number of ketones is 3. The van der Waals surface area contributed by atoms with Gasteiger partial charge >= 0.3 is 0 Å². The fourth-order valence-electron chi connectivity index (χ4n) is 6.59. The minimum absolute atomic E-state index is 0.126. The Balaban J connectivity index is 4.19. The van der Waals surface area contributed by atoms with Gasteiger partial charge in [-0.25, -0.2) is 0 Å². The van der Waals surface area contributed by atoms with Crippen LogP contribution in [0.5, 0.6) is 0 Å². The van der Waals surface area contributed by atoms with Crippen molar-refractivity contribution < 1.29 is 29.7 Å². The summed E-state index contributed by atoms with van der Waals surface area (Å²) in [5.74, 6) is -3.42. The van der Waals surface area contributed by atoms with Crippen LogP contribution in [0.25, 0.3) is 0 Å². The molecule has 0 aromatic carbocycles. The predicted molar refractivity (Wildman–Crippen MR) is 197 cm³/mol. The van der Waals surface area contributed by atoms with Crippen LogP contribution in [0, 0.1) is 5.92 Å². The monoisotopic (exact) mass is 667 g/mol. The summed E-state index contributed by atoms with van der Waals surface area (Å²) in [6.45, 7) is 3.70. The van der Waals surface area contributed by atoms with Crippen LogP contribution >= 0.6 is 0 Å². The topological polar surface area (TPSA) is 112 Å². The van der Waals surface area contributed by atoms with Crippen LogP contribution in [0.3, 0.4) is 0 Å². The third kappa shape index (κ3) is 27.4. The Labute approximate surface area is 290 Å². The molecule has 6 nitrogen and oxygen atoms in total. The van der Waals surface area contributed by atoms with Gasteiger partial charge in [-0.2, -0.15) is 0 Å². The van der Waals surface area contributed by atoms with Crippen molar-refractivity contribution in [3.63, 3.8) is 0 Å². The molecule has 0 aromatic rings. The Morgan fingerprint density at radius 1 is 0.404 bits per heavy atom. The van der Waals surface area contributed by atoms with Crippen LogP contribution in [0.15, 0.2) is 0 Å². The molecule has 6 heteroatoms. The zero-order chi connectivity index (χ0) is 34.8. The molecule has 0 aliphatic carbocycles. The fourth-order valence-corrected chi connectivity index (χ4v) is 6.59. The maximum absolute atomic E-state index is 13.0. The predicted octanol–water partition coefficient (Wildman–Crippen LogP) is 10.5. The van der Waals surface area contributed by atoms with Crippen molar-refractivity contribution in [1.82, 2.24) is 0 Å². The molecule has 47 heavy (non-hydrogen) atoms. The summed E-state index contributed by atoms with van der Waals surface area (Å²) >= 11 is 0. The second-order valence-electron chi connectivity index (χ2n) is 14.4. The summed E-state index contributed by atoms with van der Waals surface area (Å²) in [7, 11) is 0. The Kier molecular flexibility index (Phi) is 33.9. The summed E-state index contributed by atoms with van der Waals surface area (Å²) in [5, 5.41) is 29.2. The summed E-state index contributed by atoms with van der Waals surface area (Å²) in [4.78, 5) is 39.0. The zero-order valence-corrected chi connectivity index (χ0v) is 31.1. The second-order valence-corrected chi connectivity index (χ2v) is 14.4. The largest absolute Gasteiger partial charge is 0.394 e. The molecule has 0 aliphatic rings. The fraction of sp³-hybridized carbons (Fsp3) is 0.927. The number of unbranched alkanes of at least 4 members (excludes halogenated alkanes) is 28. The van der Waals surface area contributed by atoms with Crippen LogP contribution in [0.1, 0.15) is 219 Å². The number of hydrogen-bond donors (Lipinski definition) is 3. The van der Waals surface area contributed by atoms with Gasteiger partial charge in [0.1, 0.15) is 18.1 Å². The van der Waals surface area contributed by atoms with Crippen LogP contribution in [0.4, 0.5) is 0 Å². The zero-order valence-electron chi connectivity index (χ0n) is 31.1. The molecule has 0 rings (SSSR count). The average molecular weight is 667 g/mol. The van der Waals surface area contributed by atoms with Gasteiger partial charge in [-0.3, -0.25) is 14.4 Å². The van der Waals surface area contributed by atoms with Crippen molar-refractivity contribution in [1.29, 1.82) is 0 Å². The number of rotatable bonds is 38. The Bertz CT molecular complexity index is 677. The molecule has 0 spiro atoms. The van der Waals surface area contributed by atoms with E-state index in [1.54, 1.807) is 0 Å². The lowest BCUT2D eigenvalue weighted by molar-refractivity contribution is -0.148. The van der Waals surface area contributed by atoms with Crippen LogP contribution < -0.4 is 0 Å². The Hall–Kier alpha value is -1.11. The lowest BCUT2D eigenvalue weighted by atomic mass is 9.85. The van der Waals surface area contributed by atoms with Crippen molar-refractivity contribution in [2.24, 2.45) is 5.92 Å². The molecule has 0 aromatic heterocycles. The van der Waals surface area contributed by atoms with Gasteiger partial charge < -0.3 is 15.3 Å². The highest BCUT2D eigenvalue weighted by molar-refractivity contribution is 6.20. The van der Waals surface area contributed by atoms with E-state index in [4.69, 9.17) is 0 Å². The molecule has 278 valence electrons. The number of carbonyl (C=O) groups is 3. The second kappa shape index (κ2) is 34.7. The first kappa shape index (κ1) is 45.9. The van der Waals surface area contributed by atoms with Crippen molar-refractivity contribution in [2.45, 2.75) is 232 Å². The van der Waals surface area contributed by atoms with E-state index in [0.29, 0.717) is 12.8 Å². The maximum Gasteiger partial charge on any atom is 0.181 e. The van der Waals surface area contributed by atoms with E-state index >= 15 is 0 Å². The van der Waals surface area contributed by atoms with Gasteiger partial charge in [0.05, 0.1) is 6.61 Å². The molecule has 2 unspecified atom stereocenters. The van der Waals surface area contributed by atoms with Crippen molar-refractivity contribution in [3.8, 4) is 0 Å². The average Bonchev–Trinajstić information content (AvgIpc) is 3.07. The molecular formula is C41H78O6. The quantitative estimate of drug-likeness (QED) is 0.0446. The van der Waals surface area contributed by atoms with Gasteiger partial charge in [-0.05, 0) is 12.8 Å². The van der Waals surface area contributed by atoms with Gasteiger partial charge in [-0.1, -0.05) is 194 Å². The highest BCUT2D eigenvalue weighted by Gasteiger charge is 2.38. The van der Waals surface area contributed by atoms with E-state index in [9.17, 15) is 29.7 Å². The van der Waals surface area contributed by atoms with Crippen molar-refractivity contribution in [3.05, 3.63) is 0 Å². The lowest BCUT2D eigenvalue weighted by Gasteiger charge is -2.20. The molecular weight excluding hydrogens is 588 g/mol. The lowest BCUT2D eigenvalue weighted by Crippen LogP contribution is -2.45. The van der Waals surface area contributed by atoms with Crippen LogP contribution in [-0.4, -0.2) is 51.5 Å². The van der Waals surface area contributed by atoms with Crippen molar-refractivity contribution >= 4 is 17.3 Å². The number of aliphatic hydroxyl groups is 3. The number of Topliss-reactive ketones (excluding diaryl/α,β-unsaturated/α-hetero) is 3. The molecule has 3 N–H and O–H groups in total. The standard InChI is InChI=1S/C41H78O6/c1-3-5-7-9-11-13-15-17-19-21-23-25-27-29-31-33-36(43)39(41(47)40(46)38(45)35-42)37(44)34-32-30-28-26-24-22-20-18-16-14-12-10-8-6-4-2/h38-40,42,45-46H,3-35H2,1-2H3. The SMILES string of the molecule is CCCCCCCCCCCCCCCCCC(=O)C(C(=O)CCCCCCCCCCCCCCCCC)C(=O)C(O)C(O)CO. The van der Waals surface area contributed by atoms with Gasteiger partial charge in [0.15, 0.2) is 17.3 Å². The minimum atomic E-state index is -1.93. The first-order valence-corrected chi connectivity index (χ1v) is 20.5. The molecule has 0 heterocycles. The van der Waals surface area contributed by atoms with Gasteiger partial charge in [0.25, 0.3) is 0 Å². The molecule has 0 radical (unpaired) electrons. The van der Waals surface area contributed by atoms with E-state index in [1.165, 1.54) is 141 Å². The molecule has 0 saturated heterocycles. The van der Waals surface area contributed by atoms with Gasteiger partial charge in [0.2, 0.25) is 0 Å². The smallest absolute Gasteiger partial charge is 0.181 e. The van der Waals surface area contributed by atoms with E-state index in [0.717, 1.165) is 38.5 Å². The third-order valence-electron chi connectivity index (χ3n) is 9.82. The first-order chi connectivity index (χ1) is 22.9. The van der Waals surface area contributed by atoms with E-state index in [2.05, 4.69) is 13.8 Å². The van der Waals surface area contributed by atoms with Gasteiger partial charge in [-0.15, -0.1) is 0 Å². The summed E-state index contributed by atoms with van der Waals surface area (Å²) in [6.07, 6.45) is 33.1. The van der Waals surface area contributed by atoms with Crippen LogP contribution in [-0.2, 0) is 14.4 Å². The molecule has 0 fully saturated rings. The number of hydrogen-bond acceptors (Lipinski definition) is 6. The maximum atomic E-state index is 13.0. The molecule has 0 aliphatic heterocycles. The Morgan fingerprint density at radius 3 is 0.872 bits per heavy atom.